The maximum Gasteiger partial charge on any atom is 0.248 e. The van der Waals surface area contributed by atoms with Gasteiger partial charge in [0.15, 0.2) is 0 Å². The summed E-state index contributed by atoms with van der Waals surface area (Å²) in [5, 5.41) is 11.1. The number of aliphatic hydroxyl groups excluding tert-OH is 1. The number of ether oxygens (including phenoxy) is 1. The fraction of sp³-hybridized carbons (Fsp3) is 0.966. The monoisotopic (exact) mass is 514 g/mol. The van der Waals surface area contributed by atoms with Gasteiger partial charge < -0.3 is 19.6 Å². The Kier molecular flexibility index (Phi) is 11.4. The van der Waals surface area contributed by atoms with Crippen molar-refractivity contribution < 1.29 is 23.4 Å². The van der Waals surface area contributed by atoms with Crippen LogP contribution in [0.25, 0.3) is 0 Å². The molecule has 0 bridgehead atoms. The van der Waals surface area contributed by atoms with Gasteiger partial charge in [0, 0.05) is 50.9 Å². The predicted octanol–water partition coefficient (Wildman–Crippen LogP) is 5.75. The molecule has 1 N–H and O–H groups in total. The fourth-order valence-electron chi connectivity index (χ4n) is 6.28. The van der Waals surface area contributed by atoms with Gasteiger partial charge in [0.05, 0.1) is 12.7 Å². The largest absolute Gasteiger partial charge is 0.391 e. The van der Waals surface area contributed by atoms with Crippen LogP contribution in [0.3, 0.4) is 0 Å². The zero-order chi connectivity index (χ0) is 26.2. The Morgan fingerprint density at radius 1 is 1.03 bits per heavy atom. The standard InChI is InChI=1S/C29H52F2N2O3/c1-4-5-6-7-15-32-16-12-24-18-27(35)33(19-23-10-13-29(30,31)14-11-23)21-26(34)28(2,3)22-36-17-8-9-25(24)20-32/h23-26,34H,4-22H2,1-3H3/t24-,25-,26-/m0/s1. The molecule has 2 heterocycles. The number of amides is 1. The molecule has 210 valence electrons. The minimum Gasteiger partial charge on any atom is -0.391 e. The number of nitrogens with zero attached hydrogens (tertiary/aromatic N) is 2. The number of hydrogen-bond acceptors (Lipinski definition) is 4. The third-order valence-corrected chi connectivity index (χ3v) is 9.04. The van der Waals surface area contributed by atoms with E-state index in [0.717, 1.165) is 38.9 Å². The second kappa shape index (κ2) is 13.8. The zero-order valence-electron chi connectivity index (χ0n) is 23.2. The Bertz CT molecular complexity index is 665. The van der Waals surface area contributed by atoms with Crippen LogP contribution >= 0.6 is 0 Å². The number of hydrogen-bond donors (Lipinski definition) is 1. The molecule has 2 aliphatic heterocycles. The summed E-state index contributed by atoms with van der Waals surface area (Å²) in [6, 6.07) is 0. The van der Waals surface area contributed by atoms with E-state index in [-0.39, 0.29) is 31.2 Å². The van der Waals surface area contributed by atoms with E-state index < -0.39 is 17.4 Å². The molecule has 0 unspecified atom stereocenters. The van der Waals surface area contributed by atoms with E-state index in [1.165, 1.54) is 25.7 Å². The average molecular weight is 515 g/mol. The number of carbonyl (C=O) groups is 1. The van der Waals surface area contributed by atoms with Crippen LogP contribution < -0.4 is 0 Å². The van der Waals surface area contributed by atoms with Gasteiger partial charge in [0.25, 0.3) is 0 Å². The van der Waals surface area contributed by atoms with Crippen molar-refractivity contribution in [2.24, 2.45) is 23.2 Å². The lowest BCUT2D eigenvalue weighted by Gasteiger charge is -2.40. The van der Waals surface area contributed by atoms with Crippen molar-refractivity contribution in [2.45, 2.75) is 110 Å². The summed E-state index contributed by atoms with van der Waals surface area (Å²) < 4.78 is 33.5. The molecule has 3 fully saturated rings. The minimum absolute atomic E-state index is 0.0802. The molecule has 1 saturated carbocycles. The predicted molar refractivity (Wildman–Crippen MR) is 140 cm³/mol. The van der Waals surface area contributed by atoms with Crippen molar-refractivity contribution in [3.05, 3.63) is 0 Å². The Morgan fingerprint density at radius 2 is 1.78 bits per heavy atom. The Hall–Kier alpha value is -0.790. The Balaban J connectivity index is 1.68. The number of fused-ring (bicyclic) bond motifs is 1. The van der Waals surface area contributed by atoms with Crippen molar-refractivity contribution in [1.29, 1.82) is 0 Å². The van der Waals surface area contributed by atoms with Gasteiger partial charge >= 0.3 is 0 Å². The summed E-state index contributed by atoms with van der Waals surface area (Å²) >= 11 is 0. The minimum atomic E-state index is -2.57. The summed E-state index contributed by atoms with van der Waals surface area (Å²) in [5.41, 5.74) is -0.478. The van der Waals surface area contributed by atoms with Crippen molar-refractivity contribution in [3.8, 4) is 0 Å². The first-order valence-electron chi connectivity index (χ1n) is 14.7. The first kappa shape index (κ1) is 29.8. The normalized spacial score (nSPS) is 31.2. The SMILES string of the molecule is CCCCCCN1CC[C@H]2CC(=O)N(CC3CCC(F)(F)CC3)C[C@H](O)C(C)(C)COCCC[C@H]2C1. The lowest BCUT2D eigenvalue weighted by atomic mass is 9.80. The molecule has 7 heteroatoms. The molecule has 3 aliphatic rings. The van der Waals surface area contributed by atoms with Crippen LogP contribution in [-0.2, 0) is 9.53 Å². The lowest BCUT2D eigenvalue weighted by molar-refractivity contribution is -0.137. The van der Waals surface area contributed by atoms with Gasteiger partial charge in [-0.3, -0.25) is 4.79 Å². The molecule has 0 aromatic heterocycles. The molecule has 1 aliphatic carbocycles. The van der Waals surface area contributed by atoms with E-state index in [2.05, 4.69) is 11.8 Å². The summed E-state index contributed by atoms with van der Waals surface area (Å²) in [6.07, 6.45) is 8.62. The van der Waals surface area contributed by atoms with Crippen LogP contribution in [0.15, 0.2) is 0 Å². The van der Waals surface area contributed by atoms with Crippen LogP contribution in [0.5, 0.6) is 0 Å². The van der Waals surface area contributed by atoms with Crippen molar-refractivity contribution >= 4 is 5.91 Å². The van der Waals surface area contributed by atoms with Gasteiger partial charge in [0.1, 0.15) is 0 Å². The number of piperidine rings is 1. The zero-order valence-corrected chi connectivity index (χ0v) is 23.2. The van der Waals surface area contributed by atoms with E-state index >= 15 is 0 Å². The average Bonchev–Trinajstić information content (AvgIpc) is 2.83. The van der Waals surface area contributed by atoms with E-state index in [1.54, 1.807) is 0 Å². The molecule has 36 heavy (non-hydrogen) atoms. The summed E-state index contributed by atoms with van der Waals surface area (Å²) in [4.78, 5) is 18.1. The molecule has 0 aromatic rings. The number of carbonyl (C=O) groups excluding carboxylic acids is 1. The van der Waals surface area contributed by atoms with E-state index in [4.69, 9.17) is 4.74 Å². The highest BCUT2D eigenvalue weighted by atomic mass is 19.3. The molecular formula is C29H52F2N2O3. The number of halogens is 2. The van der Waals surface area contributed by atoms with Gasteiger partial charge in [-0.25, -0.2) is 8.78 Å². The van der Waals surface area contributed by atoms with Gasteiger partial charge in [-0.2, -0.15) is 0 Å². The van der Waals surface area contributed by atoms with Crippen LogP contribution in [0.1, 0.15) is 97.8 Å². The van der Waals surface area contributed by atoms with Crippen LogP contribution in [0, 0.1) is 23.2 Å². The van der Waals surface area contributed by atoms with Crippen molar-refractivity contribution in [3.63, 3.8) is 0 Å². The molecule has 0 spiro atoms. The molecule has 0 radical (unpaired) electrons. The van der Waals surface area contributed by atoms with Crippen molar-refractivity contribution in [2.75, 3.05) is 45.9 Å². The molecule has 0 aromatic carbocycles. The third kappa shape index (κ3) is 9.20. The highest BCUT2D eigenvalue weighted by Crippen LogP contribution is 2.37. The molecule has 5 nitrogen and oxygen atoms in total. The van der Waals surface area contributed by atoms with Gasteiger partial charge in [-0.15, -0.1) is 0 Å². The molecule has 1 amide bonds. The summed E-state index contributed by atoms with van der Waals surface area (Å²) in [7, 11) is 0. The topological polar surface area (TPSA) is 53.0 Å². The van der Waals surface area contributed by atoms with Crippen LogP contribution in [0.2, 0.25) is 0 Å². The first-order valence-corrected chi connectivity index (χ1v) is 14.7. The molecule has 3 atom stereocenters. The molecule has 3 rings (SSSR count). The van der Waals surface area contributed by atoms with Gasteiger partial charge in [-0.05, 0) is 69.4 Å². The highest BCUT2D eigenvalue weighted by Gasteiger charge is 2.38. The smallest absolute Gasteiger partial charge is 0.248 e. The summed E-state index contributed by atoms with van der Waals surface area (Å²) in [5.74, 6) is -1.58. The quantitative estimate of drug-likeness (QED) is 0.440. The lowest BCUT2D eigenvalue weighted by Crippen LogP contribution is -2.48. The Labute approximate surface area is 218 Å². The van der Waals surface area contributed by atoms with E-state index in [9.17, 15) is 18.7 Å². The van der Waals surface area contributed by atoms with Crippen LogP contribution in [-0.4, -0.2) is 78.8 Å². The molecule has 2 saturated heterocycles. The number of β-amino-alcohol motifs (C(OH)–C–C–N with tert-alkyl or cyclic N) is 1. The van der Waals surface area contributed by atoms with Gasteiger partial charge in [-0.1, -0.05) is 40.0 Å². The second-order valence-electron chi connectivity index (χ2n) is 12.7. The number of alkyl halides is 2. The van der Waals surface area contributed by atoms with Gasteiger partial charge in [0.2, 0.25) is 11.8 Å². The Morgan fingerprint density at radius 3 is 2.50 bits per heavy atom. The van der Waals surface area contributed by atoms with Crippen LogP contribution in [0.4, 0.5) is 8.78 Å². The maximum atomic E-state index is 13.7. The molecular weight excluding hydrogens is 462 g/mol. The highest BCUT2D eigenvalue weighted by molar-refractivity contribution is 5.76. The maximum absolute atomic E-state index is 13.7. The van der Waals surface area contributed by atoms with Crippen molar-refractivity contribution in [1.82, 2.24) is 9.80 Å². The fourth-order valence-corrected chi connectivity index (χ4v) is 6.28. The first-order chi connectivity index (χ1) is 17.1. The second-order valence-corrected chi connectivity index (χ2v) is 12.7. The number of unbranched alkanes of at least 4 members (excludes halogenated alkanes) is 3. The van der Waals surface area contributed by atoms with E-state index in [1.807, 2.05) is 18.7 Å². The third-order valence-electron chi connectivity index (χ3n) is 9.04. The number of likely N-dealkylation sites (tertiary alicyclic amines) is 1. The summed E-state index contributed by atoms with van der Waals surface area (Å²) in [6.45, 7) is 11.3. The van der Waals surface area contributed by atoms with E-state index in [0.29, 0.717) is 50.9 Å². The number of rotatable bonds is 7. The number of aliphatic hydroxyl groups is 1.